The van der Waals surface area contributed by atoms with Crippen LogP contribution in [-0.4, -0.2) is 17.0 Å². The molecule has 2 atom stereocenters. The van der Waals surface area contributed by atoms with E-state index in [1.165, 1.54) is 5.57 Å². The average Bonchev–Trinajstić information content (AvgIpc) is 2.17. The van der Waals surface area contributed by atoms with E-state index in [0.717, 1.165) is 25.7 Å². The van der Waals surface area contributed by atoms with Crippen LogP contribution in [-0.2, 0) is 4.79 Å². The molecular formula is C13H20O2. The molecule has 0 spiro atoms. The number of hydrogen-bond donors (Lipinski definition) is 1. The van der Waals surface area contributed by atoms with Crippen LogP contribution < -0.4 is 0 Å². The van der Waals surface area contributed by atoms with Gasteiger partial charge in [0.1, 0.15) is 0 Å². The van der Waals surface area contributed by atoms with E-state index >= 15 is 0 Å². The summed E-state index contributed by atoms with van der Waals surface area (Å²) in [5, 5.41) is 10.3. The number of carbonyl (C=O) groups is 1. The predicted molar refractivity (Wildman–Crippen MR) is 59.5 cm³/mol. The fraction of sp³-hybridized carbons (Fsp3) is 0.769. The molecule has 0 aliphatic heterocycles. The van der Waals surface area contributed by atoms with Crippen LogP contribution in [0.1, 0.15) is 46.0 Å². The fourth-order valence-electron chi connectivity index (χ4n) is 3.36. The van der Waals surface area contributed by atoms with E-state index in [2.05, 4.69) is 13.8 Å². The smallest absolute Gasteiger partial charge is 0.155 e. The molecule has 2 unspecified atom stereocenters. The van der Waals surface area contributed by atoms with Crippen molar-refractivity contribution in [1.29, 1.82) is 0 Å². The average molecular weight is 208 g/mol. The molecule has 1 saturated carbocycles. The Morgan fingerprint density at radius 2 is 2.20 bits per heavy atom. The molecule has 15 heavy (non-hydrogen) atoms. The maximum Gasteiger partial charge on any atom is 0.155 e. The molecule has 2 heteroatoms. The third kappa shape index (κ3) is 1.55. The molecule has 2 aliphatic rings. The van der Waals surface area contributed by atoms with Gasteiger partial charge in [-0.2, -0.15) is 0 Å². The first-order valence-electron chi connectivity index (χ1n) is 5.99. The van der Waals surface area contributed by atoms with E-state index in [1.807, 2.05) is 6.08 Å². The molecule has 2 nitrogen and oxygen atoms in total. The van der Waals surface area contributed by atoms with Gasteiger partial charge in [-0.1, -0.05) is 19.4 Å². The Bertz CT molecular complexity index is 304. The summed E-state index contributed by atoms with van der Waals surface area (Å²) >= 11 is 0. The van der Waals surface area contributed by atoms with Crippen molar-refractivity contribution >= 4 is 5.78 Å². The summed E-state index contributed by atoms with van der Waals surface area (Å²) in [7, 11) is 0. The quantitative estimate of drug-likeness (QED) is 0.718. The van der Waals surface area contributed by atoms with Crippen LogP contribution in [0.4, 0.5) is 0 Å². The van der Waals surface area contributed by atoms with Gasteiger partial charge in [-0.25, -0.2) is 0 Å². The van der Waals surface area contributed by atoms with Crippen molar-refractivity contribution in [2.24, 2.45) is 11.3 Å². The Labute approximate surface area is 91.4 Å². The first-order valence-corrected chi connectivity index (χ1v) is 5.99. The monoisotopic (exact) mass is 208 g/mol. The molecule has 2 aliphatic carbocycles. The Morgan fingerprint density at radius 1 is 1.47 bits per heavy atom. The SMILES string of the molecule is CC(C)C12CCC(=O)C=C1CCCC2O. The van der Waals surface area contributed by atoms with E-state index in [9.17, 15) is 9.90 Å². The number of aliphatic hydroxyl groups is 1. The highest BCUT2D eigenvalue weighted by Gasteiger charge is 2.47. The van der Waals surface area contributed by atoms with E-state index in [1.54, 1.807) is 0 Å². The molecule has 0 aromatic rings. The first-order chi connectivity index (χ1) is 7.07. The highest BCUT2D eigenvalue weighted by atomic mass is 16.3. The third-order valence-electron chi connectivity index (χ3n) is 4.27. The van der Waals surface area contributed by atoms with Crippen LogP contribution in [0.15, 0.2) is 11.6 Å². The third-order valence-corrected chi connectivity index (χ3v) is 4.27. The topological polar surface area (TPSA) is 37.3 Å². The van der Waals surface area contributed by atoms with Crippen LogP contribution in [0.3, 0.4) is 0 Å². The number of aliphatic hydroxyl groups excluding tert-OH is 1. The molecule has 0 aromatic carbocycles. The number of fused-ring (bicyclic) bond motifs is 1. The zero-order chi connectivity index (χ0) is 11.1. The summed E-state index contributed by atoms with van der Waals surface area (Å²) in [6.45, 7) is 4.33. The van der Waals surface area contributed by atoms with Crippen molar-refractivity contribution in [2.75, 3.05) is 0 Å². The molecule has 0 aromatic heterocycles. The summed E-state index contributed by atoms with van der Waals surface area (Å²) in [5.41, 5.74) is 1.12. The van der Waals surface area contributed by atoms with Crippen LogP contribution in [0, 0.1) is 11.3 Å². The fourth-order valence-corrected chi connectivity index (χ4v) is 3.36. The van der Waals surface area contributed by atoms with Gasteiger partial charge >= 0.3 is 0 Å². The number of carbonyl (C=O) groups excluding carboxylic acids is 1. The molecule has 1 N–H and O–H groups in total. The summed E-state index contributed by atoms with van der Waals surface area (Å²) < 4.78 is 0. The number of hydrogen-bond acceptors (Lipinski definition) is 2. The summed E-state index contributed by atoms with van der Waals surface area (Å²) in [5.74, 6) is 0.669. The van der Waals surface area contributed by atoms with Gasteiger partial charge in [0, 0.05) is 11.8 Å². The predicted octanol–water partition coefficient (Wildman–Crippen LogP) is 2.46. The second-order valence-corrected chi connectivity index (χ2v) is 5.24. The molecular weight excluding hydrogens is 188 g/mol. The minimum absolute atomic E-state index is 0.0911. The van der Waals surface area contributed by atoms with Crippen LogP contribution in [0.5, 0.6) is 0 Å². The van der Waals surface area contributed by atoms with Gasteiger partial charge in [-0.05, 0) is 37.7 Å². The van der Waals surface area contributed by atoms with Crippen LogP contribution in [0.2, 0.25) is 0 Å². The van der Waals surface area contributed by atoms with Gasteiger partial charge in [0.25, 0.3) is 0 Å². The van der Waals surface area contributed by atoms with Gasteiger partial charge in [0.05, 0.1) is 6.10 Å². The molecule has 0 saturated heterocycles. The van der Waals surface area contributed by atoms with E-state index in [0.29, 0.717) is 12.3 Å². The molecule has 2 rings (SSSR count). The molecule has 0 heterocycles. The van der Waals surface area contributed by atoms with E-state index in [4.69, 9.17) is 0 Å². The Morgan fingerprint density at radius 3 is 2.87 bits per heavy atom. The summed E-state index contributed by atoms with van der Waals surface area (Å²) in [6.07, 6.45) is 5.94. The Balaban J connectivity index is 2.42. The van der Waals surface area contributed by atoms with Crippen molar-refractivity contribution in [3.05, 3.63) is 11.6 Å². The number of allylic oxidation sites excluding steroid dienone is 1. The van der Waals surface area contributed by atoms with Gasteiger partial charge in [0.2, 0.25) is 0 Å². The Hall–Kier alpha value is -0.630. The largest absolute Gasteiger partial charge is 0.392 e. The molecule has 0 bridgehead atoms. The normalized spacial score (nSPS) is 36.4. The van der Waals surface area contributed by atoms with Gasteiger partial charge in [-0.15, -0.1) is 0 Å². The summed E-state index contributed by atoms with van der Waals surface area (Å²) in [4.78, 5) is 11.4. The van der Waals surface area contributed by atoms with Crippen molar-refractivity contribution in [3.8, 4) is 0 Å². The zero-order valence-electron chi connectivity index (χ0n) is 9.62. The van der Waals surface area contributed by atoms with Crippen molar-refractivity contribution in [1.82, 2.24) is 0 Å². The second-order valence-electron chi connectivity index (χ2n) is 5.24. The van der Waals surface area contributed by atoms with Crippen molar-refractivity contribution < 1.29 is 9.90 Å². The van der Waals surface area contributed by atoms with E-state index < -0.39 is 0 Å². The van der Waals surface area contributed by atoms with Gasteiger partial charge in [-0.3, -0.25) is 4.79 Å². The van der Waals surface area contributed by atoms with Crippen molar-refractivity contribution in [2.45, 2.75) is 52.1 Å². The zero-order valence-corrected chi connectivity index (χ0v) is 9.62. The molecule has 0 amide bonds. The number of ketones is 1. The standard InChI is InChI=1S/C13H20O2/c1-9(2)13-7-6-11(14)8-10(13)4-3-5-12(13)15/h8-9,12,15H,3-7H2,1-2H3. The van der Waals surface area contributed by atoms with E-state index in [-0.39, 0.29) is 17.3 Å². The van der Waals surface area contributed by atoms with Crippen LogP contribution in [0.25, 0.3) is 0 Å². The summed E-state index contributed by atoms with van der Waals surface area (Å²) in [6, 6.07) is 0. The maximum atomic E-state index is 11.4. The lowest BCUT2D eigenvalue weighted by atomic mass is 9.58. The first kappa shape index (κ1) is 10.9. The highest BCUT2D eigenvalue weighted by Crippen LogP contribution is 2.51. The minimum atomic E-state index is -0.245. The van der Waals surface area contributed by atoms with Crippen molar-refractivity contribution in [3.63, 3.8) is 0 Å². The lowest BCUT2D eigenvalue weighted by Gasteiger charge is -2.48. The van der Waals surface area contributed by atoms with Gasteiger partial charge < -0.3 is 5.11 Å². The lowest BCUT2D eigenvalue weighted by Crippen LogP contribution is -2.46. The highest BCUT2D eigenvalue weighted by molar-refractivity contribution is 5.91. The van der Waals surface area contributed by atoms with Gasteiger partial charge in [0.15, 0.2) is 5.78 Å². The molecule has 84 valence electrons. The lowest BCUT2D eigenvalue weighted by molar-refractivity contribution is -0.117. The Kier molecular flexibility index (Phi) is 2.72. The minimum Gasteiger partial charge on any atom is -0.392 e. The van der Waals surface area contributed by atoms with Crippen LogP contribution >= 0.6 is 0 Å². The maximum absolute atomic E-state index is 11.4. The molecule has 1 fully saturated rings. The second kappa shape index (κ2) is 3.75. The molecule has 0 radical (unpaired) electrons. The number of rotatable bonds is 1.